The molecule has 2 nitrogen and oxygen atoms in total. The number of carbonyl (C=O) groups excluding carboxylic acids is 1. The fourth-order valence-electron chi connectivity index (χ4n) is 2.51. The van der Waals surface area contributed by atoms with Gasteiger partial charge in [-0.2, -0.15) is 0 Å². The molecule has 0 heterocycles. The second-order valence-electron chi connectivity index (χ2n) is 4.87. The smallest absolute Gasteiger partial charge is 0.226 e. The van der Waals surface area contributed by atoms with E-state index >= 15 is 0 Å². The molecule has 1 aromatic rings. The van der Waals surface area contributed by atoms with E-state index in [0.717, 1.165) is 19.4 Å². The first-order valence-corrected chi connectivity index (χ1v) is 6.95. The average molecular weight is 296 g/mol. The summed E-state index contributed by atoms with van der Waals surface area (Å²) in [5, 5.41) is 0. The van der Waals surface area contributed by atoms with Crippen molar-refractivity contribution in [3.63, 3.8) is 0 Å². The molecule has 1 aliphatic rings. The lowest BCUT2D eigenvalue weighted by Crippen LogP contribution is -2.36. The summed E-state index contributed by atoms with van der Waals surface area (Å²) in [7, 11) is 1.89. The highest BCUT2D eigenvalue weighted by Gasteiger charge is 2.29. The molecular weight excluding hydrogens is 278 g/mol. The molecule has 1 aromatic carbocycles. The first kappa shape index (κ1) is 12.6. The van der Waals surface area contributed by atoms with Crippen molar-refractivity contribution in [2.45, 2.75) is 24.6 Å². The molecule has 0 N–H and O–H groups in total. The van der Waals surface area contributed by atoms with E-state index in [2.05, 4.69) is 47.1 Å². The Kier molecular flexibility index (Phi) is 3.87. The van der Waals surface area contributed by atoms with Crippen LogP contribution in [0, 0.1) is 5.92 Å². The number of nitrogens with zero attached hydrogens (tertiary/aromatic N) is 1. The predicted octanol–water partition coefficient (Wildman–Crippen LogP) is 2.64. The number of amides is 1. The van der Waals surface area contributed by atoms with E-state index in [0.29, 0.717) is 4.83 Å². The van der Waals surface area contributed by atoms with Crippen LogP contribution in [0.3, 0.4) is 0 Å². The summed E-state index contributed by atoms with van der Waals surface area (Å²) < 4.78 is 0. The standard InChI is InChI=1S/C14H18BrNO/c1-10(15)9-16(2)14(17)13-7-11-5-3-4-6-12(11)8-13/h3-6,10,13H,7-9H2,1-2H3. The molecule has 2 rings (SSSR count). The van der Waals surface area contributed by atoms with E-state index in [4.69, 9.17) is 0 Å². The molecule has 0 aliphatic heterocycles. The zero-order chi connectivity index (χ0) is 12.4. The minimum atomic E-state index is 0.142. The van der Waals surface area contributed by atoms with Crippen LogP contribution in [-0.2, 0) is 17.6 Å². The first-order chi connectivity index (χ1) is 8.08. The molecule has 0 radical (unpaired) electrons. The fraction of sp³-hybridized carbons (Fsp3) is 0.500. The molecule has 1 amide bonds. The second-order valence-corrected chi connectivity index (χ2v) is 6.44. The van der Waals surface area contributed by atoms with Crippen LogP contribution in [0.15, 0.2) is 24.3 Å². The molecule has 17 heavy (non-hydrogen) atoms. The van der Waals surface area contributed by atoms with Crippen LogP contribution in [0.1, 0.15) is 18.1 Å². The van der Waals surface area contributed by atoms with Crippen LogP contribution in [0.5, 0.6) is 0 Å². The van der Waals surface area contributed by atoms with E-state index in [1.54, 1.807) is 0 Å². The van der Waals surface area contributed by atoms with Crippen molar-refractivity contribution >= 4 is 21.8 Å². The van der Waals surface area contributed by atoms with Crippen molar-refractivity contribution in [2.75, 3.05) is 13.6 Å². The van der Waals surface area contributed by atoms with Gasteiger partial charge in [0.2, 0.25) is 5.91 Å². The largest absolute Gasteiger partial charge is 0.344 e. The zero-order valence-corrected chi connectivity index (χ0v) is 11.9. The Morgan fingerprint density at radius 1 is 1.41 bits per heavy atom. The first-order valence-electron chi connectivity index (χ1n) is 6.03. The maximum absolute atomic E-state index is 12.3. The van der Waals surface area contributed by atoms with Gasteiger partial charge >= 0.3 is 0 Å². The Morgan fingerprint density at radius 2 is 1.94 bits per heavy atom. The average Bonchev–Trinajstić information content (AvgIpc) is 2.70. The van der Waals surface area contributed by atoms with E-state index in [1.807, 2.05) is 11.9 Å². The van der Waals surface area contributed by atoms with E-state index in [9.17, 15) is 4.79 Å². The van der Waals surface area contributed by atoms with Gasteiger partial charge in [0.15, 0.2) is 0 Å². The summed E-state index contributed by atoms with van der Waals surface area (Å²) in [6, 6.07) is 8.37. The number of alkyl halides is 1. The molecule has 0 spiro atoms. The van der Waals surface area contributed by atoms with E-state index in [-0.39, 0.29) is 11.8 Å². The molecule has 1 aliphatic carbocycles. The fourth-order valence-corrected chi connectivity index (χ4v) is 2.95. The molecule has 0 saturated carbocycles. The van der Waals surface area contributed by atoms with Crippen molar-refractivity contribution in [1.29, 1.82) is 0 Å². The van der Waals surface area contributed by atoms with Gasteiger partial charge in [-0.25, -0.2) is 0 Å². The molecule has 0 saturated heterocycles. The topological polar surface area (TPSA) is 20.3 Å². The number of hydrogen-bond acceptors (Lipinski definition) is 1. The molecule has 3 heteroatoms. The summed E-state index contributed by atoms with van der Waals surface area (Å²) in [5.41, 5.74) is 2.68. The van der Waals surface area contributed by atoms with Gasteiger partial charge in [0.25, 0.3) is 0 Å². The maximum atomic E-state index is 12.3. The lowest BCUT2D eigenvalue weighted by Gasteiger charge is -2.22. The third-order valence-electron chi connectivity index (χ3n) is 3.30. The van der Waals surface area contributed by atoms with Crippen LogP contribution in [-0.4, -0.2) is 29.2 Å². The van der Waals surface area contributed by atoms with E-state index < -0.39 is 0 Å². The summed E-state index contributed by atoms with van der Waals surface area (Å²) >= 11 is 3.49. The molecule has 92 valence electrons. The highest BCUT2D eigenvalue weighted by molar-refractivity contribution is 9.09. The maximum Gasteiger partial charge on any atom is 0.226 e. The summed E-state index contributed by atoms with van der Waals surface area (Å²) in [6.45, 7) is 2.83. The lowest BCUT2D eigenvalue weighted by atomic mass is 10.1. The summed E-state index contributed by atoms with van der Waals surface area (Å²) in [4.78, 5) is 14.4. The Hall–Kier alpha value is -0.830. The number of hydrogen-bond donors (Lipinski definition) is 0. The molecule has 0 bridgehead atoms. The van der Waals surface area contributed by atoms with Crippen molar-refractivity contribution in [3.8, 4) is 0 Å². The van der Waals surface area contributed by atoms with Gasteiger partial charge in [0.1, 0.15) is 0 Å². The molecule has 0 fully saturated rings. The van der Waals surface area contributed by atoms with Crippen molar-refractivity contribution in [1.82, 2.24) is 4.90 Å². The SMILES string of the molecule is CC(Br)CN(C)C(=O)C1Cc2ccccc2C1. The number of rotatable bonds is 3. The quantitative estimate of drug-likeness (QED) is 0.785. The molecule has 0 aromatic heterocycles. The normalized spacial score (nSPS) is 16.6. The van der Waals surface area contributed by atoms with Crippen LogP contribution in [0.2, 0.25) is 0 Å². The molecular formula is C14H18BrNO. The van der Waals surface area contributed by atoms with Crippen molar-refractivity contribution < 1.29 is 4.79 Å². The minimum absolute atomic E-state index is 0.142. The van der Waals surface area contributed by atoms with Gasteiger partial charge in [0, 0.05) is 24.3 Å². The monoisotopic (exact) mass is 295 g/mol. The lowest BCUT2D eigenvalue weighted by molar-refractivity contribution is -0.133. The van der Waals surface area contributed by atoms with Crippen LogP contribution in [0.25, 0.3) is 0 Å². The molecule has 1 unspecified atom stereocenters. The summed E-state index contributed by atoms with van der Waals surface area (Å²) in [6.07, 6.45) is 1.80. The van der Waals surface area contributed by atoms with Gasteiger partial charge in [-0.3, -0.25) is 4.79 Å². The van der Waals surface area contributed by atoms with Crippen molar-refractivity contribution in [2.24, 2.45) is 5.92 Å². The predicted molar refractivity (Wildman–Crippen MR) is 73.4 cm³/mol. The van der Waals surface area contributed by atoms with E-state index in [1.165, 1.54) is 11.1 Å². The highest BCUT2D eigenvalue weighted by atomic mass is 79.9. The zero-order valence-electron chi connectivity index (χ0n) is 10.3. The van der Waals surface area contributed by atoms with Gasteiger partial charge in [-0.15, -0.1) is 0 Å². The van der Waals surface area contributed by atoms with Gasteiger partial charge in [-0.05, 0) is 24.0 Å². The molecule has 1 atom stereocenters. The second kappa shape index (κ2) is 5.21. The number of benzene rings is 1. The number of carbonyl (C=O) groups is 1. The third kappa shape index (κ3) is 2.89. The Morgan fingerprint density at radius 3 is 2.41 bits per heavy atom. The Labute approximate surface area is 111 Å². The van der Waals surface area contributed by atoms with Gasteiger partial charge in [0.05, 0.1) is 0 Å². The van der Waals surface area contributed by atoms with Crippen LogP contribution < -0.4 is 0 Å². The van der Waals surface area contributed by atoms with Gasteiger partial charge in [-0.1, -0.05) is 47.1 Å². The number of fused-ring (bicyclic) bond motifs is 1. The Balaban J connectivity index is 2.01. The van der Waals surface area contributed by atoms with Crippen LogP contribution in [0.4, 0.5) is 0 Å². The number of halogens is 1. The highest BCUT2D eigenvalue weighted by Crippen LogP contribution is 2.27. The van der Waals surface area contributed by atoms with Crippen LogP contribution >= 0.6 is 15.9 Å². The minimum Gasteiger partial charge on any atom is -0.344 e. The van der Waals surface area contributed by atoms with Gasteiger partial charge < -0.3 is 4.90 Å². The Bertz CT molecular complexity index is 391. The third-order valence-corrected chi connectivity index (χ3v) is 3.59. The summed E-state index contributed by atoms with van der Waals surface area (Å²) in [5.74, 6) is 0.413. The van der Waals surface area contributed by atoms with Crippen molar-refractivity contribution in [3.05, 3.63) is 35.4 Å².